The molecule has 1 heterocycles. The molecule has 1 aliphatic rings. The third-order valence-corrected chi connectivity index (χ3v) is 3.86. The number of carboxylic acids is 1. The molecular formula is C19H29NaO4. The van der Waals surface area contributed by atoms with E-state index in [-0.39, 0.29) is 29.6 Å². The van der Waals surface area contributed by atoms with Crippen LogP contribution in [0.5, 0.6) is 5.75 Å². The van der Waals surface area contributed by atoms with Crippen LogP contribution in [0.4, 0.5) is 0 Å². The van der Waals surface area contributed by atoms with E-state index in [1.54, 1.807) is 0 Å². The normalized spacial score (nSPS) is 12.1. The van der Waals surface area contributed by atoms with E-state index in [1.165, 1.54) is 56.1 Å². The summed E-state index contributed by atoms with van der Waals surface area (Å²) in [7, 11) is 0. The summed E-state index contributed by atoms with van der Waals surface area (Å²) >= 11 is 0. The number of unbranched alkanes of at least 4 members (excludes halogenated alkanes) is 6. The number of fused-ring (bicyclic) bond motifs is 2. The van der Waals surface area contributed by atoms with Crippen LogP contribution in [-0.2, 0) is 22.5 Å². The van der Waals surface area contributed by atoms with E-state index >= 15 is 0 Å². The molecule has 1 aromatic rings. The molecule has 24 heavy (non-hydrogen) atoms. The minimum absolute atomic E-state index is 0. The third kappa shape index (κ3) is 10.3. The number of hydrogen-bond acceptors (Lipinski definition) is 4. The first-order chi connectivity index (χ1) is 11.1. The van der Waals surface area contributed by atoms with Crippen LogP contribution >= 0.6 is 0 Å². The molecule has 0 unspecified atom stereocenters. The first-order valence-electron chi connectivity index (χ1n) is 8.73. The van der Waals surface area contributed by atoms with Gasteiger partial charge in [0, 0.05) is 18.0 Å². The molecule has 0 amide bonds. The molecule has 0 atom stereocenters. The van der Waals surface area contributed by atoms with Gasteiger partial charge in [-0.2, -0.15) is 4.89 Å². The second kappa shape index (κ2) is 14.8. The van der Waals surface area contributed by atoms with E-state index < -0.39 is 5.97 Å². The second-order valence-corrected chi connectivity index (χ2v) is 5.91. The Morgan fingerprint density at radius 1 is 1.12 bits per heavy atom. The standard InChI is InChI=1S/C17H26O2.C2H4O2.Na/c1-2-3-4-5-6-7-8-11-16-15-10-9-12-17(16)19-18-14-13-15;1-2(3)4;/h9-10,12H,2-8,11,13-14H2,1H3;1H3,(H,3,4);/q;;+1/p-1. The Balaban J connectivity index is 0.000000954. The molecule has 1 aliphatic heterocycles. The molecule has 2 bridgehead atoms. The molecule has 0 saturated heterocycles. The number of hydrogen-bond donors (Lipinski definition) is 0. The Morgan fingerprint density at radius 3 is 2.42 bits per heavy atom. The summed E-state index contributed by atoms with van der Waals surface area (Å²) in [5.41, 5.74) is 2.77. The van der Waals surface area contributed by atoms with Gasteiger partial charge in [-0.05, 0) is 31.4 Å². The van der Waals surface area contributed by atoms with Gasteiger partial charge in [0.2, 0.25) is 0 Å². The fraction of sp³-hybridized carbons (Fsp3) is 0.632. The van der Waals surface area contributed by atoms with Gasteiger partial charge in [0.25, 0.3) is 0 Å². The van der Waals surface area contributed by atoms with Crippen molar-refractivity contribution in [3.63, 3.8) is 0 Å². The smallest absolute Gasteiger partial charge is 0.550 e. The van der Waals surface area contributed by atoms with Gasteiger partial charge < -0.3 is 14.8 Å². The number of rotatable bonds is 8. The zero-order chi connectivity index (χ0) is 16.9. The Hall–Kier alpha value is -0.550. The van der Waals surface area contributed by atoms with Gasteiger partial charge in [-0.25, -0.2) is 0 Å². The Kier molecular flexibility index (Phi) is 14.4. The van der Waals surface area contributed by atoms with E-state index in [0.29, 0.717) is 6.61 Å². The van der Waals surface area contributed by atoms with Crippen molar-refractivity contribution in [1.82, 2.24) is 0 Å². The molecule has 5 heteroatoms. The van der Waals surface area contributed by atoms with Gasteiger partial charge in [-0.1, -0.05) is 57.6 Å². The Bertz CT molecular complexity index is 434. The molecule has 0 aliphatic carbocycles. The van der Waals surface area contributed by atoms with Crippen LogP contribution in [0.15, 0.2) is 18.2 Å². The van der Waals surface area contributed by atoms with Crippen molar-refractivity contribution in [2.24, 2.45) is 0 Å². The molecule has 0 N–H and O–H groups in total. The van der Waals surface area contributed by atoms with Crippen LogP contribution in [0.2, 0.25) is 0 Å². The molecule has 0 saturated carbocycles. The molecule has 4 nitrogen and oxygen atoms in total. The minimum Gasteiger partial charge on any atom is -0.550 e. The summed E-state index contributed by atoms with van der Waals surface area (Å²) < 4.78 is 0. The average molecular weight is 344 g/mol. The first-order valence-corrected chi connectivity index (χ1v) is 8.73. The van der Waals surface area contributed by atoms with Gasteiger partial charge in [-0.3, -0.25) is 0 Å². The maximum absolute atomic E-state index is 8.89. The quantitative estimate of drug-likeness (QED) is 0.394. The zero-order valence-electron chi connectivity index (χ0n) is 15.4. The summed E-state index contributed by atoms with van der Waals surface area (Å²) in [4.78, 5) is 19.4. The average Bonchev–Trinajstić information content (AvgIpc) is 2.61. The summed E-state index contributed by atoms with van der Waals surface area (Å²) in [6.07, 6.45) is 11.6. The minimum atomic E-state index is -1.08. The van der Waals surface area contributed by atoms with Crippen LogP contribution in [0.25, 0.3) is 0 Å². The maximum Gasteiger partial charge on any atom is 1.00 e. The monoisotopic (exact) mass is 344 g/mol. The molecule has 0 radical (unpaired) electrons. The van der Waals surface area contributed by atoms with E-state index in [9.17, 15) is 0 Å². The third-order valence-electron chi connectivity index (χ3n) is 3.86. The van der Waals surface area contributed by atoms with E-state index in [0.717, 1.165) is 25.5 Å². The van der Waals surface area contributed by atoms with Crippen molar-refractivity contribution >= 4 is 5.97 Å². The molecule has 0 aromatic heterocycles. The maximum atomic E-state index is 8.89. The summed E-state index contributed by atoms with van der Waals surface area (Å²) in [6, 6.07) is 6.29. The molecular weight excluding hydrogens is 315 g/mol. The molecule has 2 rings (SSSR count). The van der Waals surface area contributed by atoms with Crippen LogP contribution < -0.4 is 39.6 Å². The fourth-order valence-electron chi connectivity index (χ4n) is 2.72. The van der Waals surface area contributed by atoms with E-state index in [4.69, 9.17) is 19.7 Å². The largest absolute Gasteiger partial charge is 1.00 e. The Labute approximate surface area is 168 Å². The number of carbonyl (C=O) groups excluding carboxylic acids is 1. The summed E-state index contributed by atoms with van der Waals surface area (Å²) in [5, 5.41) is 8.89. The van der Waals surface area contributed by atoms with Crippen molar-refractivity contribution in [1.29, 1.82) is 0 Å². The predicted molar refractivity (Wildman–Crippen MR) is 89.1 cm³/mol. The number of aliphatic carboxylic acids is 1. The topological polar surface area (TPSA) is 58.6 Å². The van der Waals surface area contributed by atoms with Crippen molar-refractivity contribution in [3.8, 4) is 5.75 Å². The van der Waals surface area contributed by atoms with Gasteiger partial charge in [-0.15, -0.1) is 0 Å². The molecule has 0 fully saturated rings. The first kappa shape index (κ1) is 23.4. The van der Waals surface area contributed by atoms with Gasteiger partial charge in [0.1, 0.15) is 0 Å². The van der Waals surface area contributed by atoms with Gasteiger partial charge in [0.05, 0.1) is 6.61 Å². The van der Waals surface area contributed by atoms with Gasteiger partial charge in [0.15, 0.2) is 5.75 Å². The molecule has 1 aromatic carbocycles. The van der Waals surface area contributed by atoms with E-state index in [2.05, 4.69) is 19.1 Å². The summed E-state index contributed by atoms with van der Waals surface area (Å²) in [5.74, 6) is -0.152. The molecule has 130 valence electrons. The van der Waals surface area contributed by atoms with Crippen LogP contribution in [0, 0.1) is 0 Å². The number of benzene rings is 1. The zero-order valence-corrected chi connectivity index (χ0v) is 17.4. The van der Waals surface area contributed by atoms with Crippen molar-refractivity contribution in [3.05, 3.63) is 29.3 Å². The second-order valence-electron chi connectivity index (χ2n) is 5.91. The van der Waals surface area contributed by atoms with Crippen LogP contribution in [0.3, 0.4) is 0 Å². The van der Waals surface area contributed by atoms with Crippen molar-refractivity contribution in [2.75, 3.05) is 6.61 Å². The Morgan fingerprint density at radius 2 is 1.75 bits per heavy atom. The number of carboxylic acid groups (broad SMARTS) is 1. The molecule has 0 spiro atoms. The predicted octanol–water partition coefficient (Wildman–Crippen LogP) is 0.606. The van der Waals surface area contributed by atoms with Crippen LogP contribution in [-0.4, -0.2) is 12.6 Å². The fourth-order valence-corrected chi connectivity index (χ4v) is 2.72. The summed E-state index contributed by atoms with van der Waals surface area (Å²) in [6.45, 7) is 3.90. The van der Waals surface area contributed by atoms with Crippen molar-refractivity contribution < 1.29 is 49.2 Å². The van der Waals surface area contributed by atoms with Crippen LogP contribution in [0.1, 0.15) is 69.9 Å². The van der Waals surface area contributed by atoms with Crippen molar-refractivity contribution in [2.45, 2.75) is 71.6 Å². The SMILES string of the molecule is CC(=O)[O-].CCCCCCCCCc1c2cccc1OOCC2.[Na+]. The van der Waals surface area contributed by atoms with E-state index in [1.807, 2.05) is 6.07 Å². The number of carbonyl (C=O) groups is 1. The van der Waals surface area contributed by atoms with Gasteiger partial charge >= 0.3 is 29.6 Å².